The van der Waals surface area contributed by atoms with Crippen molar-refractivity contribution in [3.05, 3.63) is 47.8 Å². The second-order valence-electron chi connectivity index (χ2n) is 4.60. The topological polar surface area (TPSA) is 46.9 Å². The SMILES string of the molecule is Cn1cc(C(=O)NC2CCSc3ccccc32)cn1. The van der Waals surface area contributed by atoms with Gasteiger partial charge < -0.3 is 5.32 Å². The van der Waals surface area contributed by atoms with E-state index in [1.165, 1.54) is 10.5 Å². The van der Waals surface area contributed by atoms with Gasteiger partial charge in [0.15, 0.2) is 0 Å². The van der Waals surface area contributed by atoms with Gasteiger partial charge >= 0.3 is 0 Å². The summed E-state index contributed by atoms with van der Waals surface area (Å²) in [5, 5.41) is 7.13. The lowest BCUT2D eigenvalue weighted by atomic mass is 10.0. The smallest absolute Gasteiger partial charge is 0.254 e. The molecule has 0 bridgehead atoms. The monoisotopic (exact) mass is 273 g/mol. The number of carbonyl (C=O) groups is 1. The number of hydrogen-bond acceptors (Lipinski definition) is 3. The minimum absolute atomic E-state index is 0.0557. The van der Waals surface area contributed by atoms with Crippen molar-refractivity contribution in [2.45, 2.75) is 17.4 Å². The molecule has 1 atom stereocenters. The van der Waals surface area contributed by atoms with E-state index in [0.29, 0.717) is 5.56 Å². The van der Waals surface area contributed by atoms with Crippen LogP contribution in [0.15, 0.2) is 41.6 Å². The molecule has 1 aromatic heterocycles. The van der Waals surface area contributed by atoms with E-state index in [4.69, 9.17) is 0 Å². The van der Waals surface area contributed by atoms with Crippen molar-refractivity contribution in [2.24, 2.45) is 7.05 Å². The first-order valence-electron chi connectivity index (χ1n) is 6.25. The molecule has 1 aromatic carbocycles. The van der Waals surface area contributed by atoms with Crippen LogP contribution in [0.4, 0.5) is 0 Å². The lowest BCUT2D eigenvalue weighted by Crippen LogP contribution is -2.30. The molecule has 98 valence electrons. The van der Waals surface area contributed by atoms with Gasteiger partial charge in [0.2, 0.25) is 0 Å². The fraction of sp³-hybridized carbons (Fsp3) is 0.286. The Morgan fingerprint density at radius 1 is 1.47 bits per heavy atom. The summed E-state index contributed by atoms with van der Waals surface area (Å²) >= 11 is 1.85. The first-order chi connectivity index (χ1) is 9.24. The quantitative estimate of drug-likeness (QED) is 0.914. The Morgan fingerprint density at radius 3 is 3.11 bits per heavy atom. The van der Waals surface area contributed by atoms with Gasteiger partial charge in [-0.25, -0.2) is 0 Å². The van der Waals surface area contributed by atoms with Gasteiger partial charge in [-0.1, -0.05) is 18.2 Å². The molecular weight excluding hydrogens is 258 g/mol. The van der Waals surface area contributed by atoms with Gasteiger partial charge in [0.1, 0.15) is 0 Å². The zero-order valence-corrected chi connectivity index (χ0v) is 11.5. The maximum Gasteiger partial charge on any atom is 0.254 e. The summed E-state index contributed by atoms with van der Waals surface area (Å²) in [4.78, 5) is 13.4. The molecule has 1 aliphatic heterocycles. The zero-order chi connectivity index (χ0) is 13.2. The number of hydrogen-bond donors (Lipinski definition) is 1. The number of fused-ring (bicyclic) bond motifs is 1. The number of thioether (sulfide) groups is 1. The second kappa shape index (κ2) is 5.09. The first kappa shape index (κ1) is 12.3. The number of aryl methyl sites for hydroxylation is 1. The van der Waals surface area contributed by atoms with Gasteiger partial charge in [-0.3, -0.25) is 9.48 Å². The largest absolute Gasteiger partial charge is 0.345 e. The van der Waals surface area contributed by atoms with Gasteiger partial charge in [0, 0.05) is 23.9 Å². The number of carbonyl (C=O) groups excluding carboxylic acids is 1. The highest BCUT2D eigenvalue weighted by Crippen LogP contribution is 2.35. The van der Waals surface area contributed by atoms with E-state index in [1.54, 1.807) is 17.1 Å². The van der Waals surface area contributed by atoms with Crippen LogP contribution >= 0.6 is 11.8 Å². The average Bonchev–Trinajstić information content (AvgIpc) is 2.86. The summed E-state index contributed by atoms with van der Waals surface area (Å²) in [6.07, 6.45) is 4.30. The molecule has 2 heterocycles. The highest BCUT2D eigenvalue weighted by Gasteiger charge is 2.22. The van der Waals surface area contributed by atoms with E-state index in [-0.39, 0.29) is 11.9 Å². The van der Waals surface area contributed by atoms with Crippen molar-refractivity contribution in [3.63, 3.8) is 0 Å². The molecule has 1 aliphatic rings. The molecule has 0 saturated carbocycles. The van der Waals surface area contributed by atoms with E-state index >= 15 is 0 Å². The van der Waals surface area contributed by atoms with Crippen molar-refractivity contribution in [3.8, 4) is 0 Å². The van der Waals surface area contributed by atoms with Crippen molar-refractivity contribution in [2.75, 3.05) is 5.75 Å². The summed E-state index contributed by atoms with van der Waals surface area (Å²) in [6, 6.07) is 8.37. The normalized spacial score (nSPS) is 17.8. The van der Waals surface area contributed by atoms with Crippen molar-refractivity contribution in [1.29, 1.82) is 0 Å². The third-order valence-corrected chi connectivity index (χ3v) is 4.35. The number of nitrogens with zero attached hydrogens (tertiary/aromatic N) is 2. The van der Waals surface area contributed by atoms with E-state index in [1.807, 2.05) is 30.9 Å². The Hall–Kier alpha value is -1.75. The molecule has 0 spiro atoms. The van der Waals surface area contributed by atoms with Gasteiger partial charge in [-0.05, 0) is 18.1 Å². The minimum Gasteiger partial charge on any atom is -0.345 e. The number of aromatic nitrogens is 2. The molecule has 0 fully saturated rings. The summed E-state index contributed by atoms with van der Waals surface area (Å²) in [6.45, 7) is 0. The third kappa shape index (κ3) is 2.51. The van der Waals surface area contributed by atoms with Crippen LogP contribution in [0.1, 0.15) is 28.4 Å². The predicted molar refractivity (Wildman–Crippen MR) is 75.2 cm³/mol. The maximum atomic E-state index is 12.2. The van der Waals surface area contributed by atoms with Crippen LogP contribution in [0.2, 0.25) is 0 Å². The number of rotatable bonds is 2. The minimum atomic E-state index is -0.0557. The fourth-order valence-electron chi connectivity index (χ4n) is 2.27. The standard InChI is InChI=1S/C14H15N3OS/c1-17-9-10(8-15-17)14(18)16-12-6-7-19-13-5-3-2-4-11(12)13/h2-5,8-9,12H,6-7H2,1H3,(H,16,18). The molecule has 2 aromatic rings. The van der Waals surface area contributed by atoms with E-state index in [0.717, 1.165) is 12.2 Å². The highest BCUT2D eigenvalue weighted by atomic mass is 32.2. The van der Waals surface area contributed by atoms with Gasteiger partial charge in [-0.2, -0.15) is 5.10 Å². The molecule has 19 heavy (non-hydrogen) atoms. The Morgan fingerprint density at radius 2 is 2.32 bits per heavy atom. The van der Waals surface area contributed by atoms with Crippen LogP contribution in [0.3, 0.4) is 0 Å². The summed E-state index contributed by atoms with van der Waals surface area (Å²) < 4.78 is 1.64. The molecule has 5 heteroatoms. The number of benzene rings is 1. The van der Waals surface area contributed by atoms with E-state index < -0.39 is 0 Å². The average molecular weight is 273 g/mol. The number of nitrogens with one attached hydrogen (secondary N) is 1. The van der Waals surface area contributed by atoms with Crippen LogP contribution < -0.4 is 5.32 Å². The third-order valence-electron chi connectivity index (χ3n) is 3.23. The van der Waals surface area contributed by atoms with Crippen LogP contribution in [-0.4, -0.2) is 21.4 Å². The van der Waals surface area contributed by atoms with Crippen LogP contribution in [0.5, 0.6) is 0 Å². The molecule has 1 N–H and O–H groups in total. The molecule has 1 amide bonds. The maximum absolute atomic E-state index is 12.2. The van der Waals surface area contributed by atoms with Crippen molar-refractivity contribution in [1.82, 2.24) is 15.1 Å². The van der Waals surface area contributed by atoms with E-state index in [9.17, 15) is 4.79 Å². The van der Waals surface area contributed by atoms with Gasteiger partial charge in [0.25, 0.3) is 5.91 Å². The van der Waals surface area contributed by atoms with Crippen molar-refractivity contribution >= 4 is 17.7 Å². The van der Waals surface area contributed by atoms with Gasteiger partial charge in [-0.15, -0.1) is 11.8 Å². The van der Waals surface area contributed by atoms with Crippen LogP contribution in [-0.2, 0) is 7.05 Å². The lowest BCUT2D eigenvalue weighted by molar-refractivity contribution is 0.0935. The second-order valence-corrected chi connectivity index (χ2v) is 5.74. The first-order valence-corrected chi connectivity index (χ1v) is 7.24. The summed E-state index contributed by atoms with van der Waals surface area (Å²) in [7, 11) is 1.81. The lowest BCUT2D eigenvalue weighted by Gasteiger charge is -2.25. The Bertz CT molecular complexity index is 608. The Balaban J connectivity index is 1.79. The van der Waals surface area contributed by atoms with Gasteiger partial charge in [0.05, 0.1) is 17.8 Å². The molecule has 0 saturated heterocycles. The molecule has 4 nitrogen and oxygen atoms in total. The Labute approximate surface area is 116 Å². The summed E-state index contributed by atoms with van der Waals surface area (Å²) in [5.74, 6) is 0.981. The molecule has 0 aliphatic carbocycles. The highest BCUT2D eigenvalue weighted by molar-refractivity contribution is 7.99. The summed E-state index contributed by atoms with van der Waals surface area (Å²) in [5.41, 5.74) is 1.83. The molecular formula is C14H15N3OS. The number of amides is 1. The van der Waals surface area contributed by atoms with Crippen LogP contribution in [0, 0.1) is 0 Å². The fourth-order valence-corrected chi connectivity index (χ4v) is 3.40. The zero-order valence-electron chi connectivity index (χ0n) is 10.7. The Kier molecular flexibility index (Phi) is 3.29. The predicted octanol–water partition coefficient (Wildman–Crippen LogP) is 2.39. The van der Waals surface area contributed by atoms with Crippen LogP contribution in [0.25, 0.3) is 0 Å². The van der Waals surface area contributed by atoms with E-state index in [2.05, 4.69) is 22.5 Å². The molecule has 1 unspecified atom stereocenters. The molecule has 0 radical (unpaired) electrons. The van der Waals surface area contributed by atoms with Crippen molar-refractivity contribution < 1.29 is 4.79 Å². The molecule has 3 rings (SSSR count).